The molecule has 0 N–H and O–H groups in total. The van der Waals surface area contributed by atoms with E-state index in [0.717, 1.165) is 0 Å². The summed E-state index contributed by atoms with van der Waals surface area (Å²) >= 11 is 0. The second-order valence-electron chi connectivity index (χ2n) is 3.16. The Morgan fingerprint density at radius 3 is 1.94 bits per heavy atom. The predicted octanol–water partition coefficient (Wildman–Crippen LogP) is 2.03. The molecule has 0 saturated heterocycles. The second kappa shape index (κ2) is 5.98. The van der Waals surface area contributed by atoms with E-state index in [4.69, 9.17) is 18.9 Å². The minimum absolute atomic E-state index is 0.237. The maximum atomic E-state index is 11.3. The fraction of sp³-hybridized carbons (Fsp3) is 0.417. The van der Waals surface area contributed by atoms with Crippen LogP contribution in [0.15, 0.2) is 12.1 Å². The highest BCUT2D eigenvalue weighted by molar-refractivity contribution is 5.75. The predicted molar refractivity (Wildman–Crippen MR) is 62.0 cm³/mol. The Hall–Kier alpha value is -1.91. The van der Waals surface area contributed by atoms with Gasteiger partial charge < -0.3 is 18.9 Å². The fourth-order valence-corrected chi connectivity index (χ4v) is 1.32. The van der Waals surface area contributed by atoms with E-state index in [0.29, 0.717) is 17.2 Å². The molecule has 1 rings (SSSR count). The van der Waals surface area contributed by atoms with Gasteiger partial charge in [0.1, 0.15) is 0 Å². The Balaban J connectivity index is 3.24. The third-order valence-electron chi connectivity index (χ3n) is 2.19. The zero-order chi connectivity index (χ0) is 12.8. The van der Waals surface area contributed by atoms with Gasteiger partial charge in [-0.25, -0.2) is 0 Å². The van der Waals surface area contributed by atoms with Gasteiger partial charge in [-0.1, -0.05) is 6.92 Å². The first kappa shape index (κ1) is 13.2. The largest absolute Gasteiger partial charge is 0.493 e. The second-order valence-corrected chi connectivity index (χ2v) is 3.16. The van der Waals surface area contributed by atoms with E-state index in [1.165, 1.54) is 21.3 Å². The van der Waals surface area contributed by atoms with Crippen molar-refractivity contribution in [1.29, 1.82) is 0 Å². The van der Waals surface area contributed by atoms with Crippen molar-refractivity contribution >= 4 is 5.97 Å². The van der Waals surface area contributed by atoms with Gasteiger partial charge in [-0.2, -0.15) is 0 Å². The van der Waals surface area contributed by atoms with Crippen LogP contribution >= 0.6 is 0 Å². The van der Waals surface area contributed by atoms with Gasteiger partial charge in [0.15, 0.2) is 11.5 Å². The standard InChI is InChI=1S/C12H16O5/c1-5-10(13)17-12-9(15-3)7-6-8(14-2)11(12)16-4/h6-7H,5H2,1-4H3. The maximum absolute atomic E-state index is 11.3. The Labute approximate surface area is 100 Å². The monoisotopic (exact) mass is 240 g/mol. The van der Waals surface area contributed by atoms with Crippen molar-refractivity contribution in [2.24, 2.45) is 0 Å². The van der Waals surface area contributed by atoms with E-state index in [1.54, 1.807) is 19.1 Å². The van der Waals surface area contributed by atoms with Crippen LogP contribution in [0.4, 0.5) is 0 Å². The third-order valence-corrected chi connectivity index (χ3v) is 2.19. The highest BCUT2D eigenvalue weighted by Gasteiger charge is 2.19. The summed E-state index contributed by atoms with van der Waals surface area (Å²) in [4.78, 5) is 11.3. The van der Waals surface area contributed by atoms with Crippen LogP contribution in [0.3, 0.4) is 0 Å². The van der Waals surface area contributed by atoms with Crippen LogP contribution in [0.2, 0.25) is 0 Å². The number of benzene rings is 1. The van der Waals surface area contributed by atoms with Crippen LogP contribution in [0.25, 0.3) is 0 Å². The molecule has 94 valence electrons. The highest BCUT2D eigenvalue weighted by atomic mass is 16.6. The lowest BCUT2D eigenvalue weighted by molar-refractivity contribution is -0.134. The molecule has 0 heterocycles. The first-order chi connectivity index (χ1) is 8.17. The first-order valence-electron chi connectivity index (χ1n) is 5.17. The summed E-state index contributed by atoms with van der Waals surface area (Å²) in [6.07, 6.45) is 0.267. The van der Waals surface area contributed by atoms with Crippen molar-refractivity contribution in [3.63, 3.8) is 0 Å². The molecule has 1 aromatic rings. The normalized spacial score (nSPS) is 9.65. The van der Waals surface area contributed by atoms with Crippen LogP contribution in [0.5, 0.6) is 23.0 Å². The van der Waals surface area contributed by atoms with E-state index in [1.807, 2.05) is 0 Å². The van der Waals surface area contributed by atoms with Gasteiger partial charge in [0.2, 0.25) is 11.5 Å². The molecule has 5 nitrogen and oxygen atoms in total. The van der Waals surface area contributed by atoms with Crippen LogP contribution in [0.1, 0.15) is 13.3 Å². The molecular formula is C12H16O5. The molecule has 1 aromatic carbocycles. The van der Waals surface area contributed by atoms with Gasteiger partial charge in [0, 0.05) is 6.42 Å². The summed E-state index contributed by atoms with van der Waals surface area (Å²) in [5.74, 6) is 1.11. The molecule has 0 unspecified atom stereocenters. The van der Waals surface area contributed by atoms with E-state index in [-0.39, 0.29) is 18.1 Å². The van der Waals surface area contributed by atoms with Gasteiger partial charge in [0.05, 0.1) is 21.3 Å². The van der Waals surface area contributed by atoms with E-state index in [2.05, 4.69) is 0 Å². The van der Waals surface area contributed by atoms with Crippen LogP contribution in [-0.4, -0.2) is 27.3 Å². The molecule has 5 heteroatoms. The van der Waals surface area contributed by atoms with Crippen LogP contribution < -0.4 is 18.9 Å². The Morgan fingerprint density at radius 2 is 1.53 bits per heavy atom. The maximum Gasteiger partial charge on any atom is 0.311 e. The van der Waals surface area contributed by atoms with Crippen molar-refractivity contribution < 1.29 is 23.7 Å². The molecule has 0 fully saturated rings. The molecule has 0 amide bonds. The van der Waals surface area contributed by atoms with Crippen molar-refractivity contribution in [3.05, 3.63) is 12.1 Å². The first-order valence-corrected chi connectivity index (χ1v) is 5.17. The Morgan fingerprint density at radius 1 is 1.00 bits per heavy atom. The summed E-state index contributed by atoms with van der Waals surface area (Å²) in [6.45, 7) is 1.71. The van der Waals surface area contributed by atoms with Crippen molar-refractivity contribution in [1.82, 2.24) is 0 Å². The highest BCUT2D eigenvalue weighted by Crippen LogP contribution is 2.44. The fourth-order valence-electron chi connectivity index (χ4n) is 1.32. The molecule has 0 aliphatic heterocycles. The van der Waals surface area contributed by atoms with Crippen molar-refractivity contribution in [2.45, 2.75) is 13.3 Å². The van der Waals surface area contributed by atoms with Crippen LogP contribution in [0, 0.1) is 0 Å². The lowest BCUT2D eigenvalue weighted by Crippen LogP contribution is -2.08. The van der Waals surface area contributed by atoms with Gasteiger partial charge in [-0.15, -0.1) is 0 Å². The zero-order valence-corrected chi connectivity index (χ0v) is 10.4. The molecule has 17 heavy (non-hydrogen) atoms. The molecule has 0 atom stereocenters. The molecule has 0 aromatic heterocycles. The molecule has 0 aliphatic rings. The number of esters is 1. The lowest BCUT2D eigenvalue weighted by Gasteiger charge is -2.15. The number of hydrogen-bond donors (Lipinski definition) is 0. The number of carbonyl (C=O) groups is 1. The van der Waals surface area contributed by atoms with E-state index >= 15 is 0 Å². The van der Waals surface area contributed by atoms with Gasteiger partial charge in [0.25, 0.3) is 0 Å². The minimum Gasteiger partial charge on any atom is -0.493 e. The lowest BCUT2D eigenvalue weighted by atomic mass is 10.2. The van der Waals surface area contributed by atoms with Gasteiger partial charge >= 0.3 is 5.97 Å². The summed E-state index contributed by atoms with van der Waals surface area (Å²) in [5.41, 5.74) is 0. The Bertz CT molecular complexity index is 400. The molecule has 0 radical (unpaired) electrons. The van der Waals surface area contributed by atoms with Crippen LogP contribution in [-0.2, 0) is 4.79 Å². The number of rotatable bonds is 5. The number of hydrogen-bond acceptors (Lipinski definition) is 5. The summed E-state index contributed by atoms with van der Waals surface area (Å²) in [5, 5.41) is 0. The minimum atomic E-state index is -0.366. The summed E-state index contributed by atoms with van der Waals surface area (Å²) < 4.78 is 20.6. The zero-order valence-electron chi connectivity index (χ0n) is 10.4. The van der Waals surface area contributed by atoms with Crippen molar-refractivity contribution in [2.75, 3.05) is 21.3 Å². The third kappa shape index (κ3) is 2.81. The molecule has 0 spiro atoms. The number of carbonyl (C=O) groups excluding carboxylic acids is 1. The quantitative estimate of drug-likeness (QED) is 0.582. The Kier molecular flexibility index (Phi) is 4.63. The summed E-state index contributed by atoms with van der Waals surface area (Å²) in [6, 6.07) is 3.33. The number of methoxy groups -OCH3 is 3. The molecular weight excluding hydrogens is 224 g/mol. The molecule has 0 saturated carbocycles. The topological polar surface area (TPSA) is 54.0 Å². The average molecular weight is 240 g/mol. The molecule has 0 aliphatic carbocycles. The van der Waals surface area contributed by atoms with E-state index in [9.17, 15) is 4.79 Å². The number of ether oxygens (including phenoxy) is 4. The smallest absolute Gasteiger partial charge is 0.311 e. The molecule has 0 bridgehead atoms. The van der Waals surface area contributed by atoms with Gasteiger partial charge in [-0.3, -0.25) is 4.79 Å². The SMILES string of the molecule is CCC(=O)Oc1c(OC)ccc(OC)c1OC. The van der Waals surface area contributed by atoms with E-state index < -0.39 is 0 Å². The summed E-state index contributed by atoms with van der Waals surface area (Å²) in [7, 11) is 4.47. The average Bonchev–Trinajstić information content (AvgIpc) is 2.37. The van der Waals surface area contributed by atoms with Gasteiger partial charge in [-0.05, 0) is 12.1 Å². The van der Waals surface area contributed by atoms with Crippen molar-refractivity contribution in [3.8, 4) is 23.0 Å².